The van der Waals surface area contributed by atoms with Crippen molar-refractivity contribution in [2.45, 2.75) is 19.8 Å². The third-order valence-electron chi connectivity index (χ3n) is 2.37. The number of carboxylic acids is 1. The third-order valence-corrected chi connectivity index (χ3v) is 2.37. The molecule has 0 saturated heterocycles. The van der Waals surface area contributed by atoms with E-state index in [0.717, 1.165) is 6.07 Å². The molecule has 0 aliphatic carbocycles. The van der Waals surface area contributed by atoms with E-state index < -0.39 is 23.4 Å². The minimum absolute atomic E-state index is 0.0110. The van der Waals surface area contributed by atoms with Gasteiger partial charge in [-0.25, -0.2) is 0 Å². The average Bonchev–Trinajstić information content (AvgIpc) is 2.19. The molecule has 0 aromatic heterocycles. The molecule has 1 aromatic rings. The van der Waals surface area contributed by atoms with Gasteiger partial charge in [-0.05, 0) is 19.9 Å². The normalized spacial score (nSPS) is 12.4. The van der Waals surface area contributed by atoms with Gasteiger partial charge in [0.25, 0.3) is 0 Å². The number of aromatic hydroxyl groups is 3. The molecule has 5 nitrogen and oxygen atoms in total. The number of aliphatic carboxylic acids is 1. The maximum absolute atomic E-state index is 10.7. The molecule has 0 saturated carbocycles. The molecule has 0 aliphatic rings. The Morgan fingerprint density at radius 3 is 2.27 bits per heavy atom. The lowest BCUT2D eigenvalue weighted by molar-refractivity contribution is -0.138. The molecule has 0 spiro atoms. The monoisotopic (exact) mass is 212 g/mol. The standard InChI is InChI=1S/C10H12O5/c1-4(10(14)15)6-3-7(11)5(2)8(12)9(6)13/h3-4,11-13H,1-2H3,(H,14,15). The summed E-state index contributed by atoms with van der Waals surface area (Å²) in [6.07, 6.45) is 0. The van der Waals surface area contributed by atoms with Gasteiger partial charge < -0.3 is 20.4 Å². The molecular formula is C10H12O5. The number of carbonyl (C=O) groups is 1. The first kappa shape index (κ1) is 11.2. The summed E-state index contributed by atoms with van der Waals surface area (Å²) in [5.74, 6) is -3.37. The van der Waals surface area contributed by atoms with Gasteiger partial charge in [0.1, 0.15) is 5.75 Å². The van der Waals surface area contributed by atoms with Crippen LogP contribution < -0.4 is 0 Å². The van der Waals surface area contributed by atoms with Crippen molar-refractivity contribution in [3.8, 4) is 17.2 Å². The number of phenolic OH excluding ortho intramolecular Hbond substituents is 3. The van der Waals surface area contributed by atoms with Gasteiger partial charge >= 0.3 is 5.97 Å². The van der Waals surface area contributed by atoms with Crippen molar-refractivity contribution in [2.24, 2.45) is 0 Å². The first-order valence-corrected chi connectivity index (χ1v) is 4.33. The third kappa shape index (κ3) is 1.81. The molecule has 82 valence electrons. The van der Waals surface area contributed by atoms with Crippen LogP contribution in [0, 0.1) is 6.92 Å². The van der Waals surface area contributed by atoms with E-state index in [-0.39, 0.29) is 16.9 Å². The summed E-state index contributed by atoms with van der Waals surface area (Å²) in [7, 11) is 0. The minimum atomic E-state index is -1.15. The van der Waals surface area contributed by atoms with Crippen molar-refractivity contribution < 1.29 is 25.2 Å². The zero-order valence-electron chi connectivity index (χ0n) is 8.35. The maximum Gasteiger partial charge on any atom is 0.310 e. The Morgan fingerprint density at radius 1 is 1.27 bits per heavy atom. The Bertz CT molecular complexity index is 411. The van der Waals surface area contributed by atoms with Crippen molar-refractivity contribution in [2.75, 3.05) is 0 Å². The second-order valence-corrected chi connectivity index (χ2v) is 3.37. The summed E-state index contributed by atoms with van der Waals surface area (Å²) in [6, 6.07) is 1.14. The topological polar surface area (TPSA) is 98.0 Å². The highest BCUT2D eigenvalue weighted by Gasteiger charge is 2.22. The molecular weight excluding hydrogens is 200 g/mol. The van der Waals surface area contributed by atoms with E-state index in [9.17, 15) is 20.1 Å². The lowest BCUT2D eigenvalue weighted by Gasteiger charge is -2.13. The zero-order valence-corrected chi connectivity index (χ0v) is 8.35. The second-order valence-electron chi connectivity index (χ2n) is 3.37. The second kappa shape index (κ2) is 3.68. The molecule has 1 rings (SSSR count). The van der Waals surface area contributed by atoms with E-state index in [1.165, 1.54) is 13.8 Å². The van der Waals surface area contributed by atoms with E-state index in [1.54, 1.807) is 0 Å². The summed E-state index contributed by atoms with van der Waals surface area (Å²) >= 11 is 0. The Labute approximate surface area is 86.2 Å². The number of benzene rings is 1. The van der Waals surface area contributed by atoms with Crippen LogP contribution in [0.3, 0.4) is 0 Å². The molecule has 0 fully saturated rings. The van der Waals surface area contributed by atoms with Gasteiger partial charge in [0.05, 0.1) is 5.92 Å². The number of hydrogen-bond acceptors (Lipinski definition) is 4. The first-order valence-electron chi connectivity index (χ1n) is 4.33. The fourth-order valence-corrected chi connectivity index (χ4v) is 1.22. The molecule has 0 bridgehead atoms. The lowest BCUT2D eigenvalue weighted by atomic mass is 9.97. The molecule has 0 amide bonds. The molecule has 15 heavy (non-hydrogen) atoms. The highest BCUT2D eigenvalue weighted by Crippen LogP contribution is 2.41. The molecule has 1 atom stereocenters. The zero-order chi connectivity index (χ0) is 11.7. The Hall–Kier alpha value is -1.91. The van der Waals surface area contributed by atoms with Crippen LogP contribution in [0.5, 0.6) is 17.2 Å². The fourth-order valence-electron chi connectivity index (χ4n) is 1.22. The summed E-state index contributed by atoms with van der Waals surface area (Å²) in [4.78, 5) is 10.7. The van der Waals surface area contributed by atoms with Crippen LogP contribution in [0.4, 0.5) is 0 Å². The van der Waals surface area contributed by atoms with Crippen LogP contribution in [0.1, 0.15) is 24.0 Å². The predicted octanol–water partition coefficient (Wildman–Crippen LogP) is 1.30. The quantitative estimate of drug-likeness (QED) is 0.437. The van der Waals surface area contributed by atoms with E-state index in [4.69, 9.17) is 5.11 Å². The summed E-state index contributed by atoms with van der Waals surface area (Å²) in [5, 5.41) is 37.0. The van der Waals surface area contributed by atoms with Crippen molar-refractivity contribution in [3.05, 3.63) is 17.2 Å². The molecule has 1 aromatic carbocycles. The number of phenols is 3. The number of carboxylic acid groups (broad SMARTS) is 1. The smallest absolute Gasteiger partial charge is 0.310 e. The van der Waals surface area contributed by atoms with Crippen LogP contribution in [-0.4, -0.2) is 26.4 Å². The number of rotatable bonds is 2. The Morgan fingerprint density at radius 2 is 1.80 bits per heavy atom. The molecule has 0 aliphatic heterocycles. The summed E-state index contributed by atoms with van der Waals surface area (Å²) in [5.41, 5.74) is 0.108. The van der Waals surface area contributed by atoms with E-state index in [1.807, 2.05) is 0 Å². The summed E-state index contributed by atoms with van der Waals surface area (Å²) in [6.45, 7) is 2.77. The minimum Gasteiger partial charge on any atom is -0.508 e. The van der Waals surface area contributed by atoms with Gasteiger partial charge in [-0.3, -0.25) is 4.79 Å². The molecule has 4 N–H and O–H groups in total. The van der Waals surface area contributed by atoms with Crippen molar-refractivity contribution in [1.29, 1.82) is 0 Å². The van der Waals surface area contributed by atoms with Crippen LogP contribution >= 0.6 is 0 Å². The average molecular weight is 212 g/mol. The van der Waals surface area contributed by atoms with Gasteiger partial charge in [-0.2, -0.15) is 0 Å². The van der Waals surface area contributed by atoms with E-state index in [0.29, 0.717) is 0 Å². The van der Waals surface area contributed by atoms with Gasteiger partial charge in [0, 0.05) is 11.1 Å². The first-order chi connectivity index (χ1) is 6.86. The van der Waals surface area contributed by atoms with Crippen LogP contribution in [-0.2, 0) is 4.79 Å². The van der Waals surface area contributed by atoms with E-state index in [2.05, 4.69) is 0 Å². The van der Waals surface area contributed by atoms with Crippen LogP contribution in [0.25, 0.3) is 0 Å². The van der Waals surface area contributed by atoms with Crippen LogP contribution in [0.2, 0.25) is 0 Å². The predicted molar refractivity (Wildman–Crippen MR) is 52.2 cm³/mol. The largest absolute Gasteiger partial charge is 0.508 e. The Kier molecular flexibility index (Phi) is 2.74. The fraction of sp³-hybridized carbons (Fsp3) is 0.300. The molecule has 1 unspecified atom stereocenters. The summed E-state index contributed by atoms with van der Waals surface area (Å²) < 4.78 is 0. The van der Waals surface area contributed by atoms with Crippen molar-refractivity contribution in [3.63, 3.8) is 0 Å². The van der Waals surface area contributed by atoms with Crippen LogP contribution in [0.15, 0.2) is 6.07 Å². The van der Waals surface area contributed by atoms with Crippen molar-refractivity contribution >= 4 is 5.97 Å². The molecule has 5 heteroatoms. The highest BCUT2D eigenvalue weighted by atomic mass is 16.4. The van der Waals surface area contributed by atoms with Gasteiger partial charge in [-0.15, -0.1) is 0 Å². The Balaban J connectivity index is 3.38. The van der Waals surface area contributed by atoms with Gasteiger partial charge in [-0.1, -0.05) is 0 Å². The maximum atomic E-state index is 10.7. The van der Waals surface area contributed by atoms with Gasteiger partial charge in [0.2, 0.25) is 0 Å². The van der Waals surface area contributed by atoms with E-state index >= 15 is 0 Å². The molecule has 0 radical (unpaired) electrons. The molecule has 0 heterocycles. The highest BCUT2D eigenvalue weighted by molar-refractivity contribution is 5.78. The van der Waals surface area contributed by atoms with Crippen molar-refractivity contribution in [1.82, 2.24) is 0 Å². The number of hydrogen-bond donors (Lipinski definition) is 4. The lowest BCUT2D eigenvalue weighted by Crippen LogP contribution is -2.07. The van der Waals surface area contributed by atoms with Gasteiger partial charge in [0.15, 0.2) is 11.5 Å². The SMILES string of the molecule is Cc1c(O)cc(C(C)C(=O)O)c(O)c1O.